The number of nitrogens with one attached hydrogen (secondary N) is 1. The molecule has 2 heterocycles. The van der Waals surface area contributed by atoms with E-state index in [2.05, 4.69) is 5.32 Å². The van der Waals surface area contributed by atoms with E-state index in [4.69, 9.17) is 35.3 Å². The number of carbonyl (C=O) groups is 4. The Morgan fingerprint density at radius 2 is 1.44 bits per heavy atom. The average Bonchev–Trinajstić information content (AvgIpc) is 3.17. The molecule has 0 saturated carbocycles. The van der Waals surface area contributed by atoms with Crippen molar-refractivity contribution in [2.24, 2.45) is 0 Å². The summed E-state index contributed by atoms with van der Waals surface area (Å²) in [5.41, 5.74) is 0.267. The fraction of sp³-hybridized carbons (Fsp3) is 0.407. The predicted octanol–water partition coefficient (Wildman–Crippen LogP) is 2.25. The number of ether oxygens (including phenoxy) is 5. The van der Waals surface area contributed by atoms with E-state index >= 15 is 0 Å². The number of imide groups is 2. The van der Waals surface area contributed by atoms with Crippen LogP contribution in [0.25, 0.3) is 0 Å². The van der Waals surface area contributed by atoms with Gasteiger partial charge in [-0.25, -0.2) is 0 Å². The molecular weight excluding hydrogens is 532 g/mol. The molecule has 1 saturated heterocycles. The maximum absolute atomic E-state index is 13.0. The maximum Gasteiger partial charge on any atom is 0.266 e. The number of benzene rings is 2. The minimum Gasteiger partial charge on any atom is -0.491 e. The van der Waals surface area contributed by atoms with Crippen LogP contribution in [0.4, 0.5) is 0 Å². The molecule has 4 amide bonds. The number of carbonyl (C=O) groups excluding carboxylic acids is 4. The fourth-order valence-corrected chi connectivity index (χ4v) is 4.31. The van der Waals surface area contributed by atoms with Gasteiger partial charge in [0, 0.05) is 11.4 Å². The van der Waals surface area contributed by atoms with Crippen molar-refractivity contribution >= 4 is 35.2 Å². The molecule has 1 N–H and O–H groups in total. The lowest BCUT2D eigenvalue weighted by Gasteiger charge is -2.27. The maximum atomic E-state index is 13.0. The van der Waals surface area contributed by atoms with Crippen LogP contribution in [-0.4, -0.2) is 87.4 Å². The van der Waals surface area contributed by atoms with E-state index in [0.29, 0.717) is 50.4 Å². The Bertz CT molecular complexity index is 1210. The summed E-state index contributed by atoms with van der Waals surface area (Å²) >= 11 is 5.90. The SMILES string of the molecule is O=C1CCC(N2C(=O)c3cccc(OCCOCCOCCOCCOc4cccc(Cl)c4)c3C2=O)C(=O)N1. The number of hydrogen-bond donors (Lipinski definition) is 1. The summed E-state index contributed by atoms with van der Waals surface area (Å²) in [4.78, 5) is 50.5. The number of halogens is 1. The van der Waals surface area contributed by atoms with Gasteiger partial charge in [0.05, 0.1) is 50.8 Å². The van der Waals surface area contributed by atoms with Crippen LogP contribution < -0.4 is 14.8 Å². The molecule has 208 valence electrons. The number of fused-ring (bicyclic) bond motifs is 1. The first-order chi connectivity index (χ1) is 19.0. The zero-order chi connectivity index (χ0) is 27.6. The number of rotatable bonds is 15. The average molecular weight is 561 g/mol. The second kappa shape index (κ2) is 14.0. The minimum atomic E-state index is -1.03. The normalized spacial score (nSPS) is 16.8. The highest BCUT2D eigenvalue weighted by Gasteiger charge is 2.45. The third kappa shape index (κ3) is 7.54. The van der Waals surface area contributed by atoms with E-state index in [1.807, 2.05) is 12.1 Å². The number of nitrogens with zero attached hydrogens (tertiary/aromatic N) is 1. The van der Waals surface area contributed by atoms with Crippen LogP contribution in [0.3, 0.4) is 0 Å². The Morgan fingerprint density at radius 3 is 2.10 bits per heavy atom. The van der Waals surface area contributed by atoms with Gasteiger partial charge >= 0.3 is 0 Å². The second-order valence-corrected chi connectivity index (χ2v) is 9.05. The molecule has 0 aromatic heterocycles. The van der Waals surface area contributed by atoms with E-state index in [0.717, 1.165) is 4.90 Å². The highest BCUT2D eigenvalue weighted by Crippen LogP contribution is 2.33. The standard InChI is InChI=1S/C27H29ClN2O9/c28-18-3-1-4-19(17-18)38-15-13-36-11-9-35-10-12-37-14-16-39-22-6-2-5-20-24(22)27(34)30(26(20)33)21-7-8-23(31)29-25(21)32/h1-6,17,21H,7-16H2,(H,29,31,32). The molecule has 1 fully saturated rings. The summed E-state index contributed by atoms with van der Waals surface area (Å²) in [6, 6.07) is 10.8. The van der Waals surface area contributed by atoms with Gasteiger partial charge in [0.25, 0.3) is 11.8 Å². The highest BCUT2D eigenvalue weighted by atomic mass is 35.5. The van der Waals surface area contributed by atoms with E-state index in [1.54, 1.807) is 24.3 Å². The summed E-state index contributed by atoms with van der Waals surface area (Å²) in [5.74, 6) is -1.36. The van der Waals surface area contributed by atoms with Crippen molar-refractivity contribution in [3.05, 3.63) is 58.6 Å². The van der Waals surface area contributed by atoms with Gasteiger partial charge < -0.3 is 23.7 Å². The van der Waals surface area contributed by atoms with Crippen LogP contribution in [0.1, 0.15) is 33.6 Å². The molecule has 11 nitrogen and oxygen atoms in total. The molecular formula is C27H29ClN2O9. The molecule has 0 aliphatic carbocycles. The third-order valence-corrected chi connectivity index (χ3v) is 6.19. The first-order valence-corrected chi connectivity index (χ1v) is 12.9. The van der Waals surface area contributed by atoms with Crippen LogP contribution in [0, 0.1) is 0 Å². The van der Waals surface area contributed by atoms with E-state index in [9.17, 15) is 19.2 Å². The van der Waals surface area contributed by atoms with E-state index in [1.165, 1.54) is 6.07 Å². The van der Waals surface area contributed by atoms with Crippen molar-refractivity contribution < 1.29 is 42.9 Å². The summed E-state index contributed by atoms with van der Waals surface area (Å²) in [5, 5.41) is 2.79. The molecule has 2 aliphatic rings. The zero-order valence-electron chi connectivity index (χ0n) is 21.2. The molecule has 39 heavy (non-hydrogen) atoms. The van der Waals surface area contributed by atoms with Crippen LogP contribution in [0.5, 0.6) is 11.5 Å². The summed E-state index contributed by atoms with van der Waals surface area (Å²) in [6.07, 6.45) is 0.147. The molecule has 2 aliphatic heterocycles. The lowest BCUT2D eigenvalue weighted by atomic mass is 10.0. The van der Waals surface area contributed by atoms with Crippen molar-refractivity contribution in [1.82, 2.24) is 10.2 Å². The Labute approximate surface area is 230 Å². The Balaban J connectivity index is 1.09. The molecule has 12 heteroatoms. The van der Waals surface area contributed by atoms with E-state index in [-0.39, 0.29) is 42.9 Å². The molecule has 4 rings (SSSR count). The smallest absolute Gasteiger partial charge is 0.266 e. The fourth-order valence-electron chi connectivity index (χ4n) is 4.13. The van der Waals surface area contributed by atoms with Gasteiger partial charge in [-0.1, -0.05) is 23.7 Å². The van der Waals surface area contributed by atoms with Crippen molar-refractivity contribution in [3.63, 3.8) is 0 Å². The lowest BCUT2D eigenvalue weighted by Crippen LogP contribution is -2.54. The quantitative estimate of drug-likeness (QED) is 0.257. The summed E-state index contributed by atoms with van der Waals surface area (Å²) in [6.45, 7) is 2.76. The number of amides is 4. The van der Waals surface area contributed by atoms with Crippen LogP contribution >= 0.6 is 11.6 Å². The minimum absolute atomic E-state index is 0.0566. The van der Waals surface area contributed by atoms with Crippen LogP contribution in [0.15, 0.2) is 42.5 Å². The van der Waals surface area contributed by atoms with E-state index < -0.39 is 29.7 Å². The van der Waals surface area contributed by atoms with Gasteiger partial charge in [0.15, 0.2) is 0 Å². The Morgan fingerprint density at radius 1 is 0.795 bits per heavy atom. The van der Waals surface area contributed by atoms with Gasteiger partial charge in [-0.2, -0.15) is 0 Å². The number of hydrogen-bond acceptors (Lipinski definition) is 9. The van der Waals surface area contributed by atoms with Gasteiger partial charge in [0.2, 0.25) is 11.8 Å². The lowest BCUT2D eigenvalue weighted by molar-refractivity contribution is -0.136. The third-order valence-electron chi connectivity index (χ3n) is 5.95. The summed E-state index contributed by atoms with van der Waals surface area (Å²) < 4.78 is 27.7. The number of piperidine rings is 1. The van der Waals surface area contributed by atoms with Crippen LogP contribution in [0.2, 0.25) is 5.02 Å². The molecule has 2 aromatic carbocycles. The first-order valence-electron chi connectivity index (χ1n) is 12.5. The van der Waals surface area contributed by atoms with Gasteiger partial charge in [-0.05, 0) is 36.8 Å². The Hall–Kier alpha value is -3.51. The Kier molecular flexibility index (Phi) is 10.3. The van der Waals surface area contributed by atoms with Gasteiger partial charge in [-0.15, -0.1) is 0 Å². The summed E-state index contributed by atoms with van der Waals surface area (Å²) in [7, 11) is 0. The first kappa shape index (κ1) is 28.5. The zero-order valence-corrected chi connectivity index (χ0v) is 21.9. The van der Waals surface area contributed by atoms with Crippen molar-refractivity contribution in [2.45, 2.75) is 18.9 Å². The topological polar surface area (TPSA) is 130 Å². The van der Waals surface area contributed by atoms with Crippen molar-refractivity contribution in [3.8, 4) is 11.5 Å². The molecule has 0 spiro atoms. The monoisotopic (exact) mass is 560 g/mol. The molecule has 0 bridgehead atoms. The van der Waals surface area contributed by atoms with Crippen molar-refractivity contribution in [2.75, 3.05) is 52.9 Å². The molecule has 2 aromatic rings. The van der Waals surface area contributed by atoms with Crippen molar-refractivity contribution in [1.29, 1.82) is 0 Å². The molecule has 1 atom stereocenters. The highest BCUT2D eigenvalue weighted by molar-refractivity contribution is 6.30. The molecule has 0 radical (unpaired) electrons. The molecule has 1 unspecified atom stereocenters. The largest absolute Gasteiger partial charge is 0.491 e. The van der Waals surface area contributed by atoms with Gasteiger partial charge in [-0.3, -0.25) is 29.4 Å². The predicted molar refractivity (Wildman–Crippen MR) is 138 cm³/mol. The van der Waals surface area contributed by atoms with Gasteiger partial charge in [0.1, 0.15) is 30.8 Å². The van der Waals surface area contributed by atoms with Crippen LogP contribution in [-0.2, 0) is 23.8 Å². The second-order valence-electron chi connectivity index (χ2n) is 8.62.